The van der Waals surface area contributed by atoms with Crippen LogP contribution in [0.5, 0.6) is 11.5 Å². The van der Waals surface area contributed by atoms with Gasteiger partial charge in [-0.1, -0.05) is 144 Å². The number of hydrogen-bond donors (Lipinski definition) is 5. The molecular formula is C99H97F13N10O12. The Morgan fingerprint density at radius 1 is 0.373 bits per heavy atom. The number of phenolic OH excluding ortho intramolecular Hbond substituents is 1. The number of amides is 8. The summed E-state index contributed by atoms with van der Waals surface area (Å²) in [5.41, 5.74) is -3.23. The van der Waals surface area contributed by atoms with Crippen molar-refractivity contribution in [3.8, 4) is 60.9 Å². The van der Waals surface area contributed by atoms with Gasteiger partial charge >= 0.3 is 48.3 Å². The zero-order chi connectivity index (χ0) is 97.9. The number of nitrogens with zero attached hydrogens (tertiary/aromatic N) is 6. The number of alkyl halides is 12. The highest BCUT2D eigenvalue weighted by atomic mass is 19.4. The molecule has 8 aromatic rings. The maximum atomic E-state index is 13.5. The van der Waals surface area contributed by atoms with Crippen LogP contribution in [0.15, 0.2) is 188 Å². The molecule has 0 radical (unpaired) electrons. The van der Waals surface area contributed by atoms with E-state index in [1.807, 2.05) is 42.7 Å². The number of nitro benzene ring substituents is 1. The van der Waals surface area contributed by atoms with Crippen molar-refractivity contribution in [1.29, 1.82) is 0 Å². The van der Waals surface area contributed by atoms with Crippen LogP contribution in [-0.2, 0) is 63.1 Å². The molecular weight excluding hydrogens is 1770 g/mol. The molecule has 22 nitrogen and oxygen atoms in total. The molecule has 134 heavy (non-hydrogen) atoms. The lowest BCUT2D eigenvalue weighted by molar-refractivity contribution is -0.384. The lowest BCUT2D eigenvalue weighted by Crippen LogP contribution is -2.47. The van der Waals surface area contributed by atoms with Gasteiger partial charge < -0.3 is 36.0 Å². The zero-order valence-corrected chi connectivity index (χ0v) is 73.0. The standard InChI is InChI=1S/C26H28F3N3O2.C25H25F3N2O4.C24H22F4N2O2.C24H22F3N3O4/c1-4-23(33)32(22-12-8-9-19(17-22)26(27,28)29)24(18-13-15-21(16-14-18)31(2)3)25(34)30-20-10-6-5-7-11-20;1-3-22(32)30(19-11-7-8-17(15-19)25(26,27)28)23(16-12-13-20(31)21(14-16)34-2)24(33)29-18-9-5-4-6-10-18;1-2-21(31)30(20-10-6-7-17(15-20)24(26,27)28)22(16-11-13-18(25)14-12-16)23(32)29-19-8-4-3-5-9-19;1-2-21(31)29(19-12-7-9-17(15-19)24(25,26)27)22(16-8-6-13-20(14-16)30(33)34)23(32)28-18-10-4-3-5-11-18/h1,8-9,12-17,20,24H,5-7,10-11H2,2-3H3,(H,30,34);1,7-8,11-15,18,23,31H,4-6,9-10H2,2H3,(H,29,33);1,6-7,10-15,19,22H,3-5,8-9H2,(H,29,32);1,6-9,12-15,18,22H,3-5,10-11H2,(H,28,32). The third-order valence-electron chi connectivity index (χ3n) is 22.8. The van der Waals surface area contributed by atoms with Crippen molar-refractivity contribution in [3.63, 3.8) is 0 Å². The van der Waals surface area contributed by atoms with Crippen LogP contribution in [0.3, 0.4) is 0 Å². The van der Waals surface area contributed by atoms with Gasteiger partial charge in [-0.2, -0.15) is 52.7 Å². The molecule has 12 rings (SSSR count). The number of non-ortho nitro benzene ring substituents is 1. The summed E-state index contributed by atoms with van der Waals surface area (Å²) in [6.45, 7) is 0. The summed E-state index contributed by atoms with van der Waals surface area (Å²) in [4.78, 5) is 121. The molecule has 4 aliphatic carbocycles. The molecule has 8 amide bonds. The zero-order valence-electron chi connectivity index (χ0n) is 73.0. The highest BCUT2D eigenvalue weighted by Crippen LogP contribution is 2.43. The van der Waals surface area contributed by atoms with Crippen LogP contribution >= 0.6 is 0 Å². The van der Waals surface area contributed by atoms with Gasteiger partial charge in [0.15, 0.2) is 11.5 Å². The number of anilines is 5. The number of terminal acetylenes is 4. The average Bonchev–Trinajstić information content (AvgIpc) is 0.779. The van der Waals surface area contributed by atoms with E-state index in [1.54, 1.807) is 24.3 Å². The first-order valence-electron chi connectivity index (χ1n) is 42.8. The number of nitro groups is 1. The second kappa shape index (κ2) is 47.1. The molecule has 0 spiro atoms. The number of nitrogens with one attached hydrogen (secondary N) is 4. The molecule has 0 aliphatic heterocycles. The van der Waals surface area contributed by atoms with Gasteiger partial charge in [0.1, 0.15) is 30.0 Å². The van der Waals surface area contributed by atoms with E-state index in [9.17, 15) is 111 Å². The Morgan fingerprint density at radius 2 is 0.634 bits per heavy atom. The molecule has 4 unspecified atom stereocenters. The maximum absolute atomic E-state index is 13.5. The van der Waals surface area contributed by atoms with E-state index in [-0.39, 0.29) is 80.8 Å². The first kappa shape index (κ1) is 103. The van der Waals surface area contributed by atoms with Gasteiger partial charge in [-0.25, -0.2) is 4.39 Å². The van der Waals surface area contributed by atoms with Gasteiger partial charge in [0.25, 0.3) is 5.69 Å². The van der Waals surface area contributed by atoms with E-state index in [4.69, 9.17) is 30.4 Å². The van der Waals surface area contributed by atoms with Crippen molar-refractivity contribution in [2.75, 3.05) is 45.7 Å². The van der Waals surface area contributed by atoms with Crippen LogP contribution in [0.25, 0.3) is 0 Å². The molecule has 4 fully saturated rings. The first-order valence-corrected chi connectivity index (χ1v) is 42.8. The van der Waals surface area contributed by atoms with Crippen molar-refractivity contribution in [2.45, 2.75) is 201 Å². The normalized spacial score (nSPS) is 15.2. The first-order chi connectivity index (χ1) is 63.6. The van der Waals surface area contributed by atoms with Crippen LogP contribution in [0, 0.1) is 65.3 Å². The number of carbonyl (C=O) groups excluding carboxylic acids is 8. The number of carbonyl (C=O) groups is 8. The Balaban J connectivity index is 0.000000201. The number of hydrogen-bond acceptors (Lipinski definition) is 13. The molecule has 4 atom stereocenters. The second-order valence-electron chi connectivity index (χ2n) is 32.3. The summed E-state index contributed by atoms with van der Waals surface area (Å²) >= 11 is 0. The van der Waals surface area contributed by atoms with E-state index in [2.05, 4.69) is 21.3 Å². The molecule has 0 aromatic heterocycles. The number of phenols is 1. The van der Waals surface area contributed by atoms with Crippen LogP contribution in [0.1, 0.15) is 197 Å². The molecule has 706 valence electrons. The number of ether oxygens (including phenoxy) is 1. The molecule has 4 saturated carbocycles. The van der Waals surface area contributed by atoms with Crippen LogP contribution < -0.4 is 50.5 Å². The highest BCUT2D eigenvalue weighted by Gasteiger charge is 2.43. The lowest BCUT2D eigenvalue weighted by Gasteiger charge is -2.32. The molecule has 5 N–H and O–H groups in total. The smallest absolute Gasteiger partial charge is 0.416 e. The average molecular weight is 1870 g/mol. The second-order valence-corrected chi connectivity index (χ2v) is 32.3. The van der Waals surface area contributed by atoms with Gasteiger partial charge in [-0.3, -0.25) is 68.1 Å². The number of halogens is 13. The Kier molecular flexibility index (Phi) is 36.4. The molecule has 0 heterocycles. The Hall–Kier alpha value is -14.4. The minimum atomic E-state index is -4.70. The van der Waals surface area contributed by atoms with Crippen molar-refractivity contribution in [1.82, 2.24) is 21.3 Å². The van der Waals surface area contributed by atoms with Crippen LogP contribution in [0.4, 0.5) is 91.2 Å². The van der Waals surface area contributed by atoms with Crippen molar-refractivity contribution in [2.24, 2.45) is 0 Å². The molecule has 0 bridgehead atoms. The minimum Gasteiger partial charge on any atom is -0.504 e. The van der Waals surface area contributed by atoms with E-state index in [0.29, 0.717) is 24.5 Å². The topological polar surface area (TPSA) is 273 Å². The van der Waals surface area contributed by atoms with Crippen molar-refractivity contribution >= 4 is 81.4 Å². The van der Waals surface area contributed by atoms with Gasteiger partial charge in [0.2, 0.25) is 23.6 Å². The maximum Gasteiger partial charge on any atom is 0.416 e. The van der Waals surface area contributed by atoms with Crippen molar-refractivity contribution < 1.29 is 110 Å². The van der Waals surface area contributed by atoms with Gasteiger partial charge in [-0.05, 0) is 206 Å². The van der Waals surface area contributed by atoms with E-state index in [0.717, 1.165) is 220 Å². The van der Waals surface area contributed by atoms with Crippen LogP contribution in [-0.4, -0.2) is 103 Å². The Morgan fingerprint density at radius 3 is 0.896 bits per heavy atom. The number of methoxy groups -OCH3 is 1. The Labute approximate surface area is 765 Å². The Bertz CT molecular complexity index is 5640. The predicted molar refractivity (Wildman–Crippen MR) is 477 cm³/mol. The summed E-state index contributed by atoms with van der Waals surface area (Å²) in [7, 11) is 5.03. The SMILES string of the molecule is C#CC(=O)N(c1cccc(C(F)(F)F)c1)C(C(=O)NC1CCCCC1)c1ccc(F)cc1.C#CC(=O)N(c1cccc(C(F)(F)F)c1)C(C(=O)NC1CCCCC1)c1ccc(N(C)C)cc1.C#CC(=O)N(c1cccc(C(F)(F)F)c1)C(C(=O)NC1CCCCC1)c1ccc(O)c(OC)c1.C#CC(=O)N(c1cccc(C(F)(F)F)c1)C(C(=O)NC1CCCCC1)c1cccc([N+](=O)[O-])c1. The largest absolute Gasteiger partial charge is 0.504 e. The number of benzene rings is 8. The minimum absolute atomic E-state index is 0.0325. The van der Waals surface area contributed by atoms with Crippen LogP contribution in [0.2, 0.25) is 0 Å². The fraction of sp³-hybridized carbons (Fsp3) is 0.354. The number of rotatable bonds is 23. The molecule has 4 aliphatic rings. The number of aromatic hydroxyl groups is 1. The molecule has 0 saturated heterocycles. The van der Waals surface area contributed by atoms with E-state index < -0.39 is 129 Å². The fourth-order valence-corrected chi connectivity index (χ4v) is 16.2. The third kappa shape index (κ3) is 28.1. The summed E-state index contributed by atoms with van der Waals surface area (Å²) < 4.78 is 179. The summed E-state index contributed by atoms with van der Waals surface area (Å²) in [6.07, 6.45) is 20.5. The summed E-state index contributed by atoms with van der Waals surface area (Å²) in [6, 6.07) is 31.0. The lowest BCUT2D eigenvalue weighted by atomic mass is 9.94. The van der Waals surface area contributed by atoms with Gasteiger partial charge in [0, 0.05) is 78.8 Å². The monoisotopic (exact) mass is 1860 g/mol. The highest BCUT2D eigenvalue weighted by molar-refractivity contribution is 6.12. The molecule has 8 aromatic carbocycles. The quantitative estimate of drug-likeness (QED) is 0.0173. The van der Waals surface area contributed by atoms with E-state index >= 15 is 0 Å². The predicted octanol–water partition coefficient (Wildman–Crippen LogP) is 19.3. The van der Waals surface area contributed by atoms with Crippen molar-refractivity contribution in [3.05, 3.63) is 248 Å². The third-order valence-corrected chi connectivity index (χ3v) is 22.8. The summed E-state index contributed by atoms with van der Waals surface area (Å²) in [5.74, 6) is 0.616. The summed E-state index contributed by atoms with van der Waals surface area (Å²) in [5, 5.41) is 33.0. The van der Waals surface area contributed by atoms with Gasteiger partial charge in [-0.15, -0.1) is 25.7 Å². The molecule has 35 heteroatoms. The van der Waals surface area contributed by atoms with E-state index in [1.165, 1.54) is 86.0 Å². The van der Waals surface area contributed by atoms with Gasteiger partial charge in [0.05, 0.1) is 34.3 Å². The fourth-order valence-electron chi connectivity index (χ4n) is 16.2.